The summed E-state index contributed by atoms with van der Waals surface area (Å²) in [5.41, 5.74) is 0.192. The molecule has 0 aliphatic rings. The van der Waals surface area contributed by atoms with E-state index in [4.69, 9.17) is 0 Å². The van der Waals surface area contributed by atoms with Crippen LogP contribution in [0.15, 0.2) is 6.20 Å². The number of aromatic amines is 1. The van der Waals surface area contributed by atoms with Gasteiger partial charge < -0.3 is 4.74 Å². The van der Waals surface area contributed by atoms with Gasteiger partial charge in [-0.25, -0.2) is 4.79 Å². The van der Waals surface area contributed by atoms with Crippen LogP contribution in [0.4, 0.5) is 0 Å². The highest BCUT2D eigenvalue weighted by Gasteiger charge is 2.05. The maximum atomic E-state index is 10.5. The molecule has 1 N–H and O–H groups in total. The summed E-state index contributed by atoms with van der Waals surface area (Å²) in [5.74, 6) is -0.483. The van der Waals surface area contributed by atoms with Crippen LogP contribution in [0.1, 0.15) is 11.9 Å². The van der Waals surface area contributed by atoms with Crippen LogP contribution >= 0.6 is 0 Å². The minimum absolute atomic E-state index is 0. The highest BCUT2D eigenvalue weighted by Crippen LogP contribution is 1.89. The van der Waals surface area contributed by atoms with Crippen molar-refractivity contribution in [2.75, 3.05) is 7.11 Å². The first kappa shape index (κ1) is 5.74. The number of carbonyl (C=O) groups excluding carboxylic acids is 1. The summed E-state index contributed by atoms with van der Waals surface area (Å²) in [7, 11) is 1.29. The average Bonchev–Trinajstić information content (AvgIpc) is 2.37. The molecule has 0 bridgehead atoms. The van der Waals surface area contributed by atoms with Gasteiger partial charge in [-0.15, -0.1) is 5.10 Å². The molecule has 0 fully saturated rings. The van der Waals surface area contributed by atoms with Crippen LogP contribution in [0.3, 0.4) is 0 Å². The molecule has 0 atom stereocenters. The molecule has 0 aliphatic heterocycles. The summed E-state index contributed by atoms with van der Waals surface area (Å²) < 4.78 is 4.33. The number of nitrogens with one attached hydrogen (secondary N) is 1. The Morgan fingerprint density at radius 3 is 3.22 bits per heavy atom. The van der Waals surface area contributed by atoms with E-state index in [0.29, 0.717) is 0 Å². The van der Waals surface area contributed by atoms with Gasteiger partial charge in [0.05, 0.1) is 13.3 Å². The molecule has 9 heavy (non-hydrogen) atoms. The molecule has 1 aromatic rings. The van der Waals surface area contributed by atoms with Gasteiger partial charge in [0, 0.05) is 1.43 Å². The van der Waals surface area contributed by atoms with Gasteiger partial charge in [-0.2, -0.15) is 10.3 Å². The highest BCUT2D eigenvalue weighted by molar-refractivity contribution is 5.86. The van der Waals surface area contributed by atoms with Crippen molar-refractivity contribution in [2.45, 2.75) is 0 Å². The van der Waals surface area contributed by atoms with Crippen LogP contribution in [0.25, 0.3) is 0 Å². The van der Waals surface area contributed by atoms with Crippen LogP contribution in [0.2, 0.25) is 0 Å². The fourth-order valence-corrected chi connectivity index (χ4v) is 0.405. The number of nitrogens with zero attached hydrogens (tertiary/aromatic N) is 2. The second kappa shape index (κ2) is 2.25. The third kappa shape index (κ3) is 1.04. The Bertz CT molecular complexity index is 198. The van der Waals surface area contributed by atoms with Crippen LogP contribution in [-0.4, -0.2) is 28.5 Å². The van der Waals surface area contributed by atoms with Crippen molar-refractivity contribution in [1.82, 2.24) is 15.4 Å². The van der Waals surface area contributed by atoms with Crippen LogP contribution in [0, 0.1) is 0 Å². The van der Waals surface area contributed by atoms with E-state index in [0.717, 1.165) is 0 Å². The summed E-state index contributed by atoms with van der Waals surface area (Å²) in [6.45, 7) is 0. The first-order valence-electron chi connectivity index (χ1n) is 2.28. The largest absolute Gasteiger partial charge is 0.464 e. The average molecular weight is 129 g/mol. The molecule has 50 valence electrons. The summed E-state index contributed by atoms with van der Waals surface area (Å²) in [4.78, 5) is 10.5. The Labute approximate surface area is 52.5 Å². The van der Waals surface area contributed by atoms with E-state index in [1.165, 1.54) is 13.3 Å². The molecule has 5 nitrogen and oxygen atoms in total. The summed E-state index contributed by atoms with van der Waals surface area (Å²) >= 11 is 0. The standard InChI is InChI=1S/C4H5N3O2.H2/c1-9-4(8)3-2-5-7-6-3;/h2H,1H3,(H,5,6,7);1H. The SMILES string of the molecule is COC(=O)c1cn[nH]n1.[HH]. The Balaban J connectivity index is 0.000000810. The maximum absolute atomic E-state index is 10.5. The molecule has 0 aliphatic carbocycles. The first-order valence-corrected chi connectivity index (χ1v) is 2.28. The van der Waals surface area contributed by atoms with Crippen LogP contribution in [0.5, 0.6) is 0 Å². The maximum Gasteiger partial charge on any atom is 0.360 e. The van der Waals surface area contributed by atoms with Gasteiger partial charge in [-0.3, -0.25) is 0 Å². The van der Waals surface area contributed by atoms with Gasteiger partial charge in [0.25, 0.3) is 0 Å². The van der Waals surface area contributed by atoms with Crippen molar-refractivity contribution < 1.29 is 11.0 Å². The van der Waals surface area contributed by atoms with E-state index in [9.17, 15) is 4.79 Å². The molecule has 0 saturated heterocycles. The van der Waals surface area contributed by atoms with Crippen LogP contribution < -0.4 is 0 Å². The predicted molar refractivity (Wildman–Crippen MR) is 29.8 cm³/mol. The molecule has 0 radical (unpaired) electrons. The molecular formula is C4H7N3O2. The minimum Gasteiger partial charge on any atom is -0.464 e. The van der Waals surface area contributed by atoms with Gasteiger partial charge in [0.15, 0.2) is 5.69 Å². The van der Waals surface area contributed by atoms with Crippen molar-refractivity contribution in [2.24, 2.45) is 0 Å². The monoisotopic (exact) mass is 129 g/mol. The zero-order chi connectivity index (χ0) is 6.69. The Morgan fingerprint density at radius 2 is 2.78 bits per heavy atom. The zero-order valence-electron chi connectivity index (χ0n) is 4.79. The Kier molecular flexibility index (Phi) is 1.44. The van der Waals surface area contributed by atoms with Crippen molar-refractivity contribution in [1.29, 1.82) is 0 Å². The lowest BCUT2D eigenvalue weighted by Gasteiger charge is -1.88. The number of ether oxygens (including phenoxy) is 1. The molecule has 0 unspecified atom stereocenters. The second-order valence-corrected chi connectivity index (χ2v) is 1.35. The zero-order valence-corrected chi connectivity index (χ0v) is 4.79. The first-order chi connectivity index (χ1) is 4.34. The lowest BCUT2D eigenvalue weighted by atomic mass is 10.5. The third-order valence-electron chi connectivity index (χ3n) is 0.810. The van der Waals surface area contributed by atoms with E-state index >= 15 is 0 Å². The van der Waals surface area contributed by atoms with Crippen LogP contribution in [-0.2, 0) is 4.74 Å². The number of esters is 1. The second-order valence-electron chi connectivity index (χ2n) is 1.35. The van der Waals surface area contributed by atoms with Crippen molar-refractivity contribution in [3.8, 4) is 0 Å². The van der Waals surface area contributed by atoms with Crippen molar-refractivity contribution >= 4 is 5.97 Å². The van der Waals surface area contributed by atoms with Crippen molar-refractivity contribution in [3.63, 3.8) is 0 Å². The molecule has 5 heteroatoms. The molecular weight excluding hydrogens is 122 g/mol. The normalized spacial score (nSPS) is 9.00. The summed E-state index contributed by atoms with van der Waals surface area (Å²) in [6, 6.07) is 0. The third-order valence-corrected chi connectivity index (χ3v) is 0.810. The molecule has 1 heterocycles. The van der Waals surface area contributed by atoms with E-state index in [2.05, 4.69) is 20.1 Å². The number of hydrogen-bond donors (Lipinski definition) is 1. The quantitative estimate of drug-likeness (QED) is 0.535. The number of H-pyrrole nitrogens is 1. The Morgan fingerprint density at radius 1 is 2.00 bits per heavy atom. The summed E-state index contributed by atoms with van der Waals surface area (Å²) in [6.07, 6.45) is 1.30. The van der Waals surface area contributed by atoms with Gasteiger partial charge in [-0.1, -0.05) is 0 Å². The minimum atomic E-state index is -0.483. The van der Waals surface area contributed by atoms with Gasteiger partial charge in [0.1, 0.15) is 0 Å². The number of rotatable bonds is 1. The summed E-state index contributed by atoms with van der Waals surface area (Å²) in [5, 5.41) is 9.17. The van der Waals surface area contributed by atoms with Gasteiger partial charge >= 0.3 is 5.97 Å². The van der Waals surface area contributed by atoms with Gasteiger partial charge in [0.2, 0.25) is 0 Å². The van der Waals surface area contributed by atoms with E-state index in [-0.39, 0.29) is 7.12 Å². The molecule has 1 rings (SSSR count). The van der Waals surface area contributed by atoms with E-state index in [1.807, 2.05) is 0 Å². The lowest BCUT2D eigenvalue weighted by Crippen LogP contribution is -2.00. The van der Waals surface area contributed by atoms with Gasteiger partial charge in [-0.05, 0) is 0 Å². The topological polar surface area (TPSA) is 67.9 Å². The van der Waals surface area contributed by atoms with Crippen molar-refractivity contribution in [3.05, 3.63) is 11.9 Å². The number of aromatic nitrogens is 3. The van der Waals surface area contributed by atoms with E-state index in [1.54, 1.807) is 0 Å². The predicted octanol–water partition coefficient (Wildman–Crippen LogP) is -0.163. The molecule has 0 spiro atoms. The fraction of sp³-hybridized carbons (Fsp3) is 0.250. The number of hydrogen-bond acceptors (Lipinski definition) is 4. The molecule has 0 amide bonds. The molecule has 0 saturated carbocycles. The van der Waals surface area contributed by atoms with E-state index < -0.39 is 5.97 Å². The Hall–Kier alpha value is -1.39. The number of carbonyl (C=O) groups is 1. The smallest absolute Gasteiger partial charge is 0.360 e. The number of methoxy groups -OCH3 is 1. The molecule has 1 aromatic heterocycles. The molecule has 0 aromatic carbocycles. The highest BCUT2D eigenvalue weighted by atomic mass is 16.5. The fourth-order valence-electron chi connectivity index (χ4n) is 0.405. The lowest BCUT2D eigenvalue weighted by molar-refractivity contribution is 0.0594.